The highest BCUT2D eigenvalue weighted by Crippen LogP contribution is 2.30. The van der Waals surface area contributed by atoms with E-state index in [1.807, 2.05) is 12.4 Å². The molecule has 0 saturated heterocycles. The monoisotopic (exact) mass is 383 g/mol. The molecule has 0 aliphatic rings. The maximum atomic E-state index is 13.3. The van der Waals surface area contributed by atoms with Crippen LogP contribution in [0.4, 0.5) is 4.39 Å². The van der Waals surface area contributed by atoms with Crippen molar-refractivity contribution in [2.24, 2.45) is 4.99 Å². The SMILES string of the molecule is CC[C@@H](N=C(c1nccs1)N(C)CC)c1ccc(F)cc1Br. The minimum Gasteiger partial charge on any atom is -0.358 e. The van der Waals surface area contributed by atoms with E-state index in [-0.39, 0.29) is 11.9 Å². The van der Waals surface area contributed by atoms with Gasteiger partial charge >= 0.3 is 0 Å². The van der Waals surface area contributed by atoms with Gasteiger partial charge in [0, 0.05) is 29.6 Å². The van der Waals surface area contributed by atoms with Crippen molar-refractivity contribution < 1.29 is 4.39 Å². The van der Waals surface area contributed by atoms with Crippen LogP contribution in [-0.2, 0) is 0 Å². The minimum absolute atomic E-state index is 0.0390. The number of hydrogen-bond donors (Lipinski definition) is 0. The Morgan fingerprint density at radius 3 is 2.77 bits per heavy atom. The fraction of sp³-hybridized carbons (Fsp3) is 0.375. The Kier molecular flexibility index (Phi) is 6.08. The van der Waals surface area contributed by atoms with Crippen LogP contribution >= 0.6 is 27.3 Å². The molecule has 0 amide bonds. The molecule has 0 bridgehead atoms. The zero-order valence-corrected chi connectivity index (χ0v) is 15.3. The van der Waals surface area contributed by atoms with Crippen LogP contribution in [0.2, 0.25) is 0 Å². The van der Waals surface area contributed by atoms with E-state index in [0.717, 1.165) is 33.8 Å². The summed E-state index contributed by atoms with van der Waals surface area (Å²) in [5, 5.41) is 2.85. The molecule has 1 aromatic heterocycles. The first-order chi connectivity index (χ1) is 10.6. The molecule has 2 aromatic rings. The minimum atomic E-state index is -0.250. The number of aromatic nitrogens is 1. The highest BCUT2D eigenvalue weighted by Gasteiger charge is 2.17. The zero-order chi connectivity index (χ0) is 16.1. The summed E-state index contributed by atoms with van der Waals surface area (Å²) in [4.78, 5) is 11.4. The largest absolute Gasteiger partial charge is 0.358 e. The average molecular weight is 384 g/mol. The van der Waals surface area contributed by atoms with Gasteiger partial charge in [0.05, 0.1) is 6.04 Å². The quantitative estimate of drug-likeness (QED) is 0.542. The van der Waals surface area contributed by atoms with E-state index in [4.69, 9.17) is 4.99 Å². The van der Waals surface area contributed by atoms with Crippen LogP contribution in [0.5, 0.6) is 0 Å². The summed E-state index contributed by atoms with van der Waals surface area (Å²) in [6.07, 6.45) is 2.62. The van der Waals surface area contributed by atoms with Crippen LogP contribution in [0.3, 0.4) is 0 Å². The smallest absolute Gasteiger partial charge is 0.160 e. The third kappa shape index (κ3) is 3.93. The maximum Gasteiger partial charge on any atom is 0.160 e. The molecule has 0 N–H and O–H groups in total. The van der Waals surface area contributed by atoms with Crippen molar-refractivity contribution in [3.8, 4) is 0 Å². The fourth-order valence-corrected chi connectivity index (χ4v) is 3.40. The number of amidine groups is 1. The first kappa shape index (κ1) is 17.1. The van der Waals surface area contributed by atoms with Gasteiger partial charge in [-0.3, -0.25) is 4.99 Å². The van der Waals surface area contributed by atoms with Gasteiger partial charge in [-0.15, -0.1) is 11.3 Å². The third-order valence-corrected chi connectivity index (χ3v) is 4.90. The number of rotatable bonds is 5. The van der Waals surface area contributed by atoms with Gasteiger partial charge in [0.25, 0.3) is 0 Å². The van der Waals surface area contributed by atoms with Crippen molar-refractivity contribution in [2.75, 3.05) is 13.6 Å². The van der Waals surface area contributed by atoms with Gasteiger partial charge in [0.15, 0.2) is 10.8 Å². The summed E-state index contributed by atoms with van der Waals surface area (Å²) in [5.74, 6) is 0.626. The molecule has 2 rings (SSSR count). The molecule has 0 unspecified atom stereocenters. The van der Waals surface area contributed by atoms with Crippen LogP contribution in [0, 0.1) is 5.82 Å². The molecule has 0 fully saturated rings. The molecule has 0 aliphatic carbocycles. The van der Waals surface area contributed by atoms with Gasteiger partial charge in [-0.1, -0.05) is 28.9 Å². The summed E-state index contributed by atoms with van der Waals surface area (Å²) in [7, 11) is 2.01. The molecule has 1 heterocycles. The Balaban J connectivity index is 2.43. The third-order valence-electron chi connectivity index (χ3n) is 3.45. The molecule has 0 saturated carbocycles. The number of nitrogens with zero attached hydrogens (tertiary/aromatic N) is 3. The number of thiazole rings is 1. The Morgan fingerprint density at radius 1 is 1.45 bits per heavy atom. The van der Waals surface area contributed by atoms with E-state index in [0.29, 0.717) is 0 Å². The first-order valence-corrected chi connectivity index (χ1v) is 8.87. The highest BCUT2D eigenvalue weighted by atomic mass is 79.9. The predicted octanol–water partition coefficient (Wildman–Crippen LogP) is 4.89. The summed E-state index contributed by atoms with van der Waals surface area (Å²) in [6.45, 7) is 5.01. The molecule has 0 radical (unpaired) electrons. The van der Waals surface area contributed by atoms with Crippen molar-refractivity contribution in [3.63, 3.8) is 0 Å². The summed E-state index contributed by atoms with van der Waals surface area (Å²) >= 11 is 5.02. The van der Waals surface area contributed by atoms with Crippen LogP contribution in [0.1, 0.15) is 36.9 Å². The fourth-order valence-electron chi connectivity index (χ4n) is 2.10. The Morgan fingerprint density at radius 2 is 2.23 bits per heavy atom. The van der Waals surface area contributed by atoms with Gasteiger partial charge in [0.1, 0.15) is 5.82 Å². The normalized spacial score (nSPS) is 13.2. The molecule has 118 valence electrons. The molecular weight excluding hydrogens is 365 g/mol. The van der Waals surface area contributed by atoms with E-state index in [2.05, 4.69) is 39.7 Å². The van der Waals surface area contributed by atoms with Gasteiger partial charge in [-0.05, 0) is 31.0 Å². The lowest BCUT2D eigenvalue weighted by Crippen LogP contribution is -2.28. The highest BCUT2D eigenvalue weighted by molar-refractivity contribution is 9.10. The molecule has 22 heavy (non-hydrogen) atoms. The summed E-state index contributed by atoms with van der Waals surface area (Å²) in [6, 6.07) is 4.72. The molecule has 1 atom stereocenters. The lowest BCUT2D eigenvalue weighted by atomic mass is 10.1. The average Bonchev–Trinajstić information content (AvgIpc) is 3.03. The Labute approximate surface area is 143 Å². The van der Waals surface area contributed by atoms with Crippen LogP contribution < -0.4 is 0 Å². The second-order valence-corrected chi connectivity index (χ2v) is 6.64. The van der Waals surface area contributed by atoms with Crippen molar-refractivity contribution in [1.29, 1.82) is 0 Å². The molecule has 3 nitrogen and oxygen atoms in total. The lowest BCUT2D eigenvalue weighted by Gasteiger charge is -2.21. The number of halogens is 2. The Hall–Kier alpha value is -1.27. The van der Waals surface area contributed by atoms with Crippen LogP contribution in [0.25, 0.3) is 0 Å². The van der Waals surface area contributed by atoms with E-state index in [9.17, 15) is 4.39 Å². The van der Waals surface area contributed by atoms with Gasteiger partial charge < -0.3 is 4.90 Å². The number of aliphatic imine (C=N–C) groups is 1. The van der Waals surface area contributed by atoms with Gasteiger partial charge in [-0.25, -0.2) is 9.37 Å². The van der Waals surface area contributed by atoms with E-state index >= 15 is 0 Å². The maximum absolute atomic E-state index is 13.3. The topological polar surface area (TPSA) is 28.5 Å². The van der Waals surface area contributed by atoms with Crippen LogP contribution in [-0.4, -0.2) is 29.3 Å². The summed E-state index contributed by atoms with van der Waals surface area (Å²) < 4.78 is 14.1. The van der Waals surface area contributed by atoms with Crippen molar-refractivity contribution in [3.05, 3.63) is 50.6 Å². The van der Waals surface area contributed by atoms with Gasteiger partial charge in [0.2, 0.25) is 0 Å². The molecule has 6 heteroatoms. The van der Waals surface area contributed by atoms with E-state index in [1.54, 1.807) is 23.6 Å². The number of benzene rings is 1. The second kappa shape index (κ2) is 7.83. The van der Waals surface area contributed by atoms with Crippen LogP contribution in [0.15, 0.2) is 39.2 Å². The molecular formula is C16H19BrFN3S. The first-order valence-electron chi connectivity index (χ1n) is 7.20. The molecule has 1 aromatic carbocycles. The standard InChI is InChI=1S/C16H19BrFN3S/c1-4-14(12-7-6-11(18)10-13(12)17)20-15(21(3)5-2)16-19-8-9-22-16/h6-10,14H,4-5H2,1-3H3/t14-/m1/s1. The van der Waals surface area contributed by atoms with E-state index < -0.39 is 0 Å². The van der Waals surface area contributed by atoms with Gasteiger partial charge in [-0.2, -0.15) is 0 Å². The second-order valence-electron chi connectivity index (χ2n) is 4.89. The lowest BCUT2D eigenvalue weighted by molar-refractivity contribution is 0.525. The predicted molar refractivity (Wildman–Crippen MR) is 94.1 cm³/mol. The number of hydrogen-bond acceptors (Lipinski definition) is 3. The zero-order valence-electron chi connectivity index (χ0n) is 12.9. The molecule has 0 aliphatic heterocycles. The van der Waals surface area contributed by atoms with Crippen molar-refractivity contribution >= 4 is 33.1 Å². The summed E-state index contributed by atoms with van der Waals surface area (Å²) in [5.41, 5.74) is 0.988. The van der Waals surface area contributed by atoms with E-state index in [1.165, 1.54) is 12.1 Å². The van der Waals surface area contributed by atoms with Crippen molar-refractivity contribution in [1.82, 2.24) is 9.88 Å². The Bertz CT molecular complexity index is 643. The molecule has 0 spiro atoms. The van der Waals surface area contributed by atoms with Crippen molar-refractivity contribution in [2.45, 2.75) is 26.3 Å².